The van der Waals surface area contributed by atoms with E-state index in [2.05, 4.69) is 5.32 Å². The lowest BCUT2D eigenvalue weighted by Crippen LogP contribution is -2.28. The normalized spacial score (nSPS) is 11.4. The molecule has 9 heteroatoms. The van der Waals surface area contributed by atoms with E-state index in [-0.39, 0.29) is 23.8 Å². The van der Waals surface area contributed by atoms with E-state index >= 15 is 0 Å². The number of nitrogens with zero attached hydrogens (tertiary/aromatic N) is 1. The fourth-order valence-electron chi connectivity index (χ4n) is 2.36. The molecule has 0 bridgehead atoms. The summed E-state index contributed by atoms with van der Waals surface area (Å²) < 4.78 is 44.1. The molecule has 27 heavy (non-hydrogen) atoms. The van der Waals surface area contributed by atoms with Gasteiger partial charge in [0.1, 0.15) is 11.6 Å². The maximum absolute atomic E-state index is 13.0. The van der Waals surface area contributed by atoms with Crippen molar-refractivity contribution in [2.45, 2.75) is 17.7 Å². The summed E-state index contributed by atoms with van der Waals surface area (Å²) in [5, 5.41) is 3.15. The number of nitrogens with one attached hydrogen (secondary N) is 1. The van der Waals surface area contributed by atoms with Gasteiger partial charge in [0.2, 0.25) is 15.9 Å². The number of sulfonamides is 1. The zero-order valence-corrected chi connectivity index (χ0v) is 16.5. The molecular weight excluding hydrogens is 395 g/mol. The number of halogens is 2. The maximum atomic E-state index is 13.0. The quantitative estimate of drug-likeness (QED) is 0.717. The molecule has 0 unspecified atom stereocenters. The van der Waals surface area contributed by atoms with Gasteiger partial charge in [0.15, 0.2) is 0 Å². The summed E-state index contributed by atoms with van der Waals surface area (Å²) >= 11 is 5.92. The molecule has 0 heterocycles. The molecule has 6 nitrogen and oxygen atoms in total. The van der Waals surface area contributed by atoms with Gasteiger partial charge >= 0.3 is 0 Å². The van der Waals surface area contributed by atoms with Crippen LogP contribution in [0.15, 0.2) is 47.4 Å². The number of rotatable bonds is 8. The fourth-order valence-corrected chi connectivity index (χ4v) is 3.74. The highest BCUT2D eigenvalue weighted by Crippen LogP contribution is 2.27. The van der Waals surface area contributed by atoms with Gasteiger partial charge in [0, 0.05) is 25.0 Å². The van der Waals surface area contributed by atoms with Gasteiger partial charge in [0.25, 0.3) is 0 Å². The second-order valence-corrected chi connectivity index (χ2v) is 8.26. The van der Waals surface area contributed by atoms with E-state index in [1.165, 1.54) is 26.3 Å². The van der Waals surface area contributed by atoms with E-state index in [0.29, 0.717) is 22.9 Å². The molecule has 1 N–H and O–H groups in total. The van der Waals surface area contributed by atoms with Crippen LogP contribution in [0, 0.1) is 5.82 Å². The molecule has 0 atom stereocenters. The van der Waals surface area contributed by atoms with E-state index in [1.54, 1.807) is 18.2 Å². The van der Waals surface area contributed by atoms with E-state index in [4.69, 9.17) is 16.3 Å². The number of carbonyl (C=O) groups is 1. The zero-order chi connectivity index (χ0) is 20.0. The third kappa shape index (κ3) is 5.66. The minimum Gasteiger partial charge on any atom is -0.495 e. The highest BCUT2D eigenvalue weighted by Gasteiger charge is 2.20. The Balaban J connectivity index is 1.91. The predicted octanol–water partition coefficient (Wildman–Crippen LogP) is 3.53. The topological polar surface area (TPSA) is 75.7 Å². The molecular formula is C18H20ClFN2O4S. The van der Waals surface area contributed by atoms with Crippen molar-refractivity contribution >= 4 is 33.2 Å². The molecule has 1 amide bonds. The molecule has 0 aromatic heterocycles. The van der Waals surface area contributed by atoms with Crippen LogP contribution in [0.3, 0.4) is 0 Å². The molecule has 2 rings (SSSR count). The largest absolute Gasteiger partial charge is 0.495 e. The van der Waals surface area contributed by atoms with Gasteiger partial charge < -0.3 is 10.1 Å². The van der Waals surface area contributed by atoms with E-state index in [0.717, 1.165) is 16.4 Å². The molecule has 0 saturated carbocycles. The Morgan fingerprint density at radius 2 is 1.89 bits per heavy atom. The van der Waals surface area contributed by atoms with Crippen molar-refractivity contribution in [3.63, 3.8) is 0 Å². The lowest BCUT2D eigenvalue weighted by atomic mass is 10.2. The maximum Gasteiger partial charge on any atom is 0.242 e. The third-order valence-corrected chi connectivity index (χ3v) is 5.94. The highest BCUT2D eigenvalue weighted by molar-refractivity contribution is 7.89. The highest BCUT2D eigenvalue weighted by atomic mass is 35.5. The second-order valence-electron chi connectivity index (χ2n) is 5.78. The summed E-state index contributed by atoms with van der Waals surface area (Å²) in [5.74, 6) is -0.323. The van der Waals surface area contributed by atoms with Crippen molar-refractivity contribution in [3.05, 3.63) is 53.3 Å². The third-order valence-electron chi connectivity index (χ3n) is 3.83. The Labute approximate surface area is 162 Å². The number of hydrogen-bond acceptors (Lipinski definition) is 4. The average molecular weight is 415 g/mol. The molecule has 0 spiro atoms. The van der Waals surface area contributed by atoms with Crippen LogP contribution in [0.5, 0.6) is 5.75 Å². The number of anilines is 1. The van der Waals surface area contributed by atoms with Crippen LogP contribution in [-0.4, -0.2) is 39.3 Å². The van der Waals surface area contributed by atoms with Crippen LogP contribution in [0.4, 0.5) is 10.1 Å². The first-order chi connectivity index (χ1) is 12.7. The predicted molar refractivity (Wildman–Crippen MR) is 102 cm³/mol. The fraction of sp³-hybridized carbons (Fsp3) is 0.278. The van der Waals surface area contributed by atoms with Crippen LogP contribution in [-0.2, 0) is 14.8 Å². The minimum atomic E-state index is -3.73. The van der Waals surface area contributed by atoms with E-state index < -0.39 is 15.8 Å². The smallest absolute Gasteiger partial charge is 0.242 e. The van der Waals surface area contributed by atoms with Gasteiger partial charge in [0.05, 0.1) is 17.7 Å². The molecule has 0 aliphatic carbocycles. The summed E-state index contributed by atoms with van der Waals surface area (Å²) in [4.78, 5) is 12.1. The number of benzene rings is 2. The Hall–Kier alpha value is -2.16. The Morgan fingerprint density at radius 3 is 2.52 bits per heavy atom. The minimum absolute atomic E-state index is 0.000449. The number of methoxy groups -OCH3 is 1. The van der Waals surface area contributed by atoms with Crippen molar-refractivity contribution in [1.82, 2.24) is 4.31 Å². The van der Waals surface area contributed by atoms with Gasteiger partial charge in [-0.05, 0) is 48.9 Å². The van der Waals surface area contributed by atoms with Gasteiger partial charge in [-0.15, -0.1) is 0 Å². The van der Waals surface area contributed by atoms with Crippen molar-refractivity contribution < 1.29 is 22.3 Å². The van der Waals surface area contributed by atoms with Gasteiger partial charge in [-0.25, -0.2) is 17.1 Å². The lowest BCUT2D eigenvalue weighted by Gasteiger charge is -2.17. The molecule has 146 valence electrons. The SMILES string of the molecule is COc1ccc(Cl)cc1NC(=O)CCCN(C)S(=O)(=O)c1ccc(F)cc1. The molecule has 2 aromatic rings. The van der Waals surface area contributed by atoms with Gasteiger partial charge in [-0.2, -0.15) is 0 Å². The summed E-state index contributed by atoms with van der Waals surface area (Å²) in [6.45, 7) is 0.139. The summed E-state index contributed by atoms with van der Waals surface area (Å²) in [6.07, 6.45) is 0.421. The first-order valence-corrected chi connectivity index (χ1v) is 9.91. The monoisotopic (exact) mass is 414 g/mol. The first-order valence-electron chi connectivity index (χ1n) is 8.09. The number of ether oxygens (including phenoxy) is 1. The second kappa shape index (κ2) is 9.16. The van der Waals surface area contributed by atoms with Crippen LogP contribution >= 0.6 is 11.6 Å². The number of hydrogen-bond donors (Lipinski definition) is 1. The molecule has 0 radical (unpaired) electrons. The molecule has 0 aliphatic heterocycles. The van der Waals surface area contributed by atoms with Crippen LogP contribution in [0.1, 0.15) is 12.8 Å². The van der Waals surface area contributed by atoms with E-state index in [1.807, 2.05) is 0 Å². The van der Waals surface area contributed by atoms with Crippen molar-refractivity contribution in [3.8, 4) is 5.75 Å². The van der Waals surface area contributed by atoms with Crippen LogP contribution in [0.25, 0.3) is 0 Å². The average Bonchev–Trinajstić information content (AvgIpc) is 2.62. The first kappa shape index (κ1) is 21.1. The number of carbonyl (C=O) groups excluding carboxylic acids is 1. The Kier molecular flexibility index (Phi) is 7.18. The van der Waals surface area contributed by atoms with Gasteiger partial charge in [-0.3, -0.25) is 4.79 Å². The van der Waals surface area contributed by atoms with Crippen LogP contribution in [0.2, 0.25) is 5.02 Å². The molecule has 0 aliphatic rings. The van der Waals surface area contributed by atoms with E-state index in [9.17, 15) is 17.6 Å². The standard InChI is InChI=1S/C18H20ClFN2O4S/c1-22(27(24,25)15-8-6-14(20)7-9-15)11-3-4-18(23)21-16-12-13(19)5-10-17(16)26-2/h5-10,12H,3-4,11H2,1-2H3,(H,21,23). The summed E-state index contributed by atoms with van der Waals surface area (Å²) in [7, 11) is -0.838. The van der Waals surface area contributed by atoms with Crippen molar-refractivity contribution in [2.75, 3.05) is 26.0 Å². The summed E-state index contributed by atoms with van der Waals surface area (Å²) in [6, 6.07) is 9.45. The number of amides is 1. The van der Waals surface area contributed by atoms with Crippen LogP contribution < -0.4 is 10.1 Å². The molecule has 0 saturated heterocycles. The summed E-state index contributed by atoms with van der Waals surface area (Å²) in [5.41, 5.74) is 0.447. The Bertz CT molecular complexity index is 904. The zero-order valence-electron chi connectivity index (χ0n) is 14.9. The van der Waals surface area contributed by atoms with Gasteiger partial charge in [-0.1, -0.05) is 11.6 Å². The van der Waals surface area contributed by atoms with Crippen molar-refractivity contribution in [1.29, 1.82) is 0 Å². The lowest BCUT2D eigenvalue weighted by molar-refractivity contribution is -0.116. The molecule has 2 aromatic carbocycles. The van der Waals surface area contributed by atoms with Crippen molar-refractivity contribution in [2.24, 2.45) is 0 Å². The molecule has 0 fully saturated rings. The Morgan fingerprint density at radius 1 is 1.22 bits per heavy atom.